The van der Waals surface area contributed by atoms with Crippen LogP contribution in [0, 0.1) is 11.6 Å². The molecule has 0 spiro atoms. The molecule has 1 N–H and O–H groups in total. The molecule has 0 saturated heterocycles. The Labute approximate surface area is 120 Å². The summed E-state index contributed by atoms with van der Waals surface area (Å²) in [5.74, 6) is -1.07. The number of hydrogen-bond donors (Lipinski definition) is 1. The second-order valence-corrected chi connectivity index (χ2v) is 4.20. The standard InChI is InChI=1S/C16H13F2NO2/c1-21-13-4-2-3-11(9-13)16(20)7-8-19-15-6-5-12(17)10-14(15)18/h2-10,19H,1H3. The van der Waals surface area contributed by atoms with E-state index in [0.29, 0.717) is 11.3 Å². The van der Waals surface area contributed by atoms with Crippen molar-refractivity contribution in [2.75, 3.05) is 12.4 Å². The fourth-order valence-electron chi connectivity index (χ4n) is 1.69. The van der Waals surface area contributed by atoms with Gasteiger partial charge in [-0.3, -0.25) is 4.79 Å². The van der Waals surface area contributed by atoms with Crippen molar-refractivity contribution >= 4 is 11.5 Å². The van der Waals surface area contributed by atoms with Crippen LogP contribution < -0.4 is 10.1 Å². The van der Waals surface area contributed by atoms with Gasteiger partial charge in [-0.1, -0.05) is 12.1 Å². The zero-order valence-corrected chi connectivity index (χ0v) is 11.3. The van der Waals surface area contributed by atoms with E-state index in [0.717, 1.165) is 12.1 Å². The number of carbonyl (C=O) groups is 1. The van der Waals surface area contributed by atoms with E-state index >= 15 is 0 Å². The van der Waals surface area contributed by atoms with E-state index < -0.39 is 11.6 Å². The SMILES string of the molecule is COc1cccc(C(=O)C=CNc2ccc(F)cc2F)c1. The molecule has 0 amide bonds. The average molecular weight is 289 g/mol. The van der Waals surface area contributed by atoms with Gasteiger partial charge in [0.05, 0.1) is 12.8 Å². The summed E-state index contributed by atoms with van der Waals surface area (Å²) >= 11 is 0. The summed E-state index contributed by atoms with van der Waals surface area (Å²) in [6, 6.07) is 9.83. The molecule has 5 heteroatoms. The molecule has 2 rings (SSSR count). The average Bonchev–Trinajstić information content (AvgIpc) is 2.49. The number of carbonyl (C=O) groups excluding carboxylic acids is 1. The molecule has 0 radical (unpaired) electrons. The van der Waals surface area contributed by atoms with Crippen LogP contribution in [0.2, 0.25) is 0 Å². The van der Waals surface area contributed by atoms with Crippen LogP contribution in [0.5, 0.6) is 5.75 Å². The van der Waals surface area contributed by atoms with Crippen molar-refractivity contribution in [3.05, 3.63) is 71.9 Å². The molecule has 21 heavy (non-hydrogen) atoms. The zero-order chi connectivity index (χ0) is 15.2. The predicted octanol–water partition coefficient (Wildman–Crippen LogP) is 3.78. The van der Waals surface area contributed by atoms with Gasteiger partial charge in [-0.15, -0.1) is 0 Å². The van der Waals surface area contributed by atoms with Gasteiger partial charge in [-0.05, 0) is 24.3 Å². The minimum absolute atomic E-state index is 0.0890. The number of anilines is 1. The lowest BCUT2D eigenvalue weighted by atomic mass is 10.1. The van der Waals surface area contributed by atoms with Crippen molar-refractivity contribution in [1.29, 1.82) is 0 Å². The second-order valence-electron chi connectivity index (χ2n) is 4.20. The smallest absolute Gasteiger partial charge is 0.187 e. The van der Waals surface area contributed by atoms with E-state index in [1.807, 2.05) is 0 Å². The Bertz CT molecular complexity index is 684. The Morgan fingerprint density at radius 2 is 2.00 bits per heavy atom. The molecular formula is C16H13F2NO2. The lowest BCUT2D eigenvalue weighted by Crippen LogP contribution is -1.98. The quantitative estimate of drug-likeness (QED) is 0.672. The van der Waals surface area contributed by atoms with Crippen LogP contribution in [0.1, 0.15) is 10.4 Å². The molecule has 108 valence electrons. The number of nitrogens with one attached hydrogen (secondary N) is 1. The lowest BCUT2D eigenvalue weighted by molar-refractivity contribution is 0.104. The summed E-state index contributed by atoms with van der Waals surface area (Å²) in [5.41, 5.74) is 0.540. The van der Waals surface area contributed by atoms with E-state index in [1.165, 1.54) is 25.5 Å². The molecule has 3 nitrogen and oxygen atoms in total. The van der Waals surface area contributed by atoms with Gasteiger partial charge in [0, 0.05) is 23.9 Å². The molecule has 0 fully saturated rings. The van der Waals surface area contributed by atoms with E-state index in [1.54, 1.807) is 24.3 Å². The Hall–Kier alpha value is -2.69. The number of rotatable bonds is 5. The number of hydrogen-bond acceptors (Lipinski definition) is 3. The molecule has 2 aromatic carbocycles. The fourth-order valence-corrected chi connectivity index (χ4v) is 1.69. The van der Waals surface area contributed by atoms with E-state index in [-0.39, 0.29) is 11.5 Å². The highest BCUT2D eigenvalue weighted by Gasteiger charge is 2.04. The van der Waals surface area contributed by atoms with Crippen LogP contribution in [0.25, 0.3) is 0 Å². The summed E-state index contributed by atoms with van der Waals surface area (Å²) in [6.45, 7) is 0. The molecule has 0 aliphatic heterocycles. The van der Waals surface area contributed by atoms with Crippen LogP contribution in [-0.2, 0) is 0 Å². The molecule has 0 aliphatic carbocycles. The normalized spacial score (nSPS) is 10.6. The van der Waals surface area contributed by atoms with Gasteiger partial charge in [0.1, 0.15) is 17.4 Å². The zero-order valence-electron chi connectivity index (χ0n) is 11.3. The molecular weight excluding hydrogens is 276 g/mol. The molecule has 0 saturated carbocycles. The summed E-state index contributed by atoms with van der Waals surface area (Å²) in [6.07, 6.45) is 2.57. The van der Waals surface area contributed by atoms with Gasteiger partial charge in [0.2, 0.25) is 0 Å². The number of benzene rings is 2. The van der Waals surface area contributed by atoms with Crippen LogP contribution in [-0.4, -0.2) is 12.9 Å². The molecule has 0 heterocycles. The lowest BCUT2D eigenvalue weighted by Gasteiger charge is -2.03. The number of allylic oxidation sites excluding steroid dienone is 1. The minimum atomic E-state index is -0.728. The summed E-state index contributed by atoms with van der Waals surface area (Å²) in [4.78, 5) is 11.9. The third kappa shape index (κ3) is 3.89. The topological polar surface area (TPSA) is 38.3 Å². The third-order valence-electron chi connectivity index (χ3n) is 2.76. The highest BCUT2D eigenvalue weighted by atomic mass is 19.1. The van der Waals surface area contributed by atoms with Gasteiger partial charge in [-0.25, -0.2) is 8.78 Å². The maximum Gasteiger partial charge on any atom is 0.187 e. The number of halogens is 2. The van der Waals surface area contributed by atoms with Gasteiger partial charge >= 0.3 is 0 Å². The Morgan fingerprint density at radius 1 is 1.19 bits per heavy atom. The Kier molecular flexibility index (Phi) is 4.66. The molecule has 0 bridgehead atoms. The molecule has 0 aliphatic rings. The first-order valence-corrected chi connectivity index (χ1v) is 6.16. The van der Waals surface area contributed by atoms with Gasteiger partial charge in [0.15, 0.2) is 5.78 Å². The first kappa shape index (κ1) is 14.7. The largest absolute Gasteiger partial charge is 0.497 e. The van der Waals surface area contributed by atoms with Crippen molar-refractivity contribution in [2.45, 2.75) is 0 Å². The van der Waals surface area contributed by atoms with Crippen LogP contribution in [0.4, 0.5) is 14.5 Å². The van der Waals surface area contributed by atoms with E-state index in [4.69, 9.17) is 4.74 Å². The highest BCUT2D eigenvalue weighted by molar-refractivity contribution is 6.04. The third-order valence-corrected chi connectivity index (χ3v) is 2.76. The van der Waals surface area contributed by atoms with Crippen LogP contribution >= 0.6 is 0 Å². The van der Waals surface area contributed by atoms with Gasteiger partial charge in [0.25, 0.3) is 0 Å². The maximum atomic E-state index is 13.4. The van der Waals surface area contributed by atoms with Crippen LogP contribution in [0.15, 0.2) is 54.7 Å². The van der Waals surface area contributed by atoms with Gasteiger partial charge < -0.3 is 10.1 Å². The molecule has 0 aromatic heterocycles. The first-order valence-electron chi connectivity index (χ1n) is 6.16. The van der Waals surface area contributed by atoms with Crippen molar-refractivity contribution in [2.24, 2.45) is 0 Å². The van der Waals surface area contributed by atoms with Crippen molar-refractivity contribution < 1.29 is 18.3 Å². The minimum Gasteiger partial charge on any atom is -0.497 e. The summed E-state index contributed by atoms with van der Waals surface area (Å²) < 4.78 is 31.1. The number of ether oxygens (including phenoxy) is 1. The fraction of sp³-hybridized carbons (Fsp3) is 0.0625. The molecule has 0 unspecified atom stereocenters. The van der Waals surface area contributed by atoms with E-state index in [9.17, 15) is 13.6 Å². The Morgan fingerprint density at radius 3 is 2.71 bits per heavy atom. The summed E-state index contributed by atoms with van der Waals surface area (Å²) in [5, 5.41) is 2.60. The van der Waals surface area contributed by atoms with Crippen molar-refractivity contribution in [3.63, 3.8) is 0 Å². The monoisotopic (exact) mass is 289 g/mol. The first-order chi connectivity index (χ1) is 10.1. The van der Waals surface area contributed by atoms with Crippen molar-refractivity contribution in [1.82, 2.24) is 0 Å². The van der Waals surface area contributed by atoms with Gasteiger partial charge in [-0.2, -0.15) is 0 Å². The number of ketones is 1. The van der Waals surface area contributed by atoms with Crippen molar-refractivity contribution in [3.8, 4) is 5.75 Å². The predicted molar refractivity (Wildman–Crippen MR) is 76.4 cm³/mol. The Balaban J connectivity index is 2.05. The van der Waals surface area contributed by atoms with Crippen LogP contribution in [0.3, 0.4) is 0 Å². The maximum absolute atomic E-state index is 13.4. The molecule has 2 aromatic rings. The molecule has 0 atom stereocenters. The highest BCUT2D eigenvalue weighted by Crippen LogP contribution is 2.16. The summed E-state index contributed by atoms with van der Waals surface area (Å²) in [7, 11) is 1.51. The van der Waals surface area contributed by atoms with E-state index in [2.05, 4.69) is 5.32 Å². The number of methoxy groups -OCH3 is 1. The second kappa shape index (κ2) is 6.65.